The van der Waals surface area contributed by atoms with Crippen molar-refractivity contribution in [2.24, 2.45) is 0 Å². The van der Waals surface area contributed by atoms with Crippen LogP contribution in [-0.2, 0) is 0 Å². The second-order valence-corrected chi connectivity index (χ2v) is 5.98. The molecule has 0 unspecified atom stereocenters. The van der Waals surface area contributed by atoms with E-state index in [2.05, 4.69) is 0 Å². The van der Waals surface area contributed by atoms with E-state index in [1.807, 2.05) is 0 Å². The monoisotopic (exact) mass is 300 g/mol. The predicted molar refractivity (Wildman–Crippen MR) is 77.9 cm³/mol. The largest absolute Gasteiger partial charge is 0.399 e. The van der Waals surface area contributed by atoms with Crippen LogP contribution in [0.1, 0.15) is 10.4 Å². The number of hydrogen-bond acceptors (Lipinski definition) is 3. The summed E-state index contributed by atoms with van der Waals surface area (Å²) in [6.07, 6.45) is 0. The van der Waals surface area contributed by atoms with Crippen molar-refractivity contribution < 1.29 is 4.79 Å². The Morgan fingerprint density at radius 1 is 1.33 bits per heavy atom. The summed E-state index contributed by atoms with van der Waals surface area (Å²) in [6, 6.07) is 8.64. The molecule has 1 aromatic heterocycles. The molecule has 0 aliphatic carbocycles. The minimum atomic E-state index is -0.214. The standard InChI is InChI=1S/C12H10Cl2N2OS/c1-16(8-4-2-3-7(15)5-8)12(17)9-6-10(13)18-11(9)14/h2-6H,15H2,1H3. The maximum absolute atomic E-state index is 12.2. The molecule has 18 heavy (non-hydrogen) atoms. The summed E-state index contributed by atoms with van der Waals surface area (Å²) in [7, 11) is 1.67. The number of nitrogens with zero attached hydrogens (tertiary/aromatic N) is 1. The van der Waals surface area contributed by atoms with Gasteiger partial charge in [-0.15, -0.1) is 11.3 Å². The van der Waals surface area contributed by atoms with Crippen molar-refractivity contribution in [3.05, 3.63) is 44.6 Å². The second-order valence-electron chi connectivity index (χ2n) is 3.70. The van der Waals surface area contributed by atoms with Crippen LogP contribution < -0.4 is 10.6 Å². The lowest BCUT2D eigenvalue weighted by molar-refractivity contribution is 0.0993. The summed E-state index contributed by atoms with van der Waals surface area (Å²) in [5, 5.41) is 0. The number of halogens is 2. The van der Waals surface area contributed by atoms with Gasteiger partial charge >= 0.3 is 0 Å². The van der Waals surface area contributed by atoms with Crippen LogP contribution in [0, 0.1) is 0 Å². The molecule has 0 spiro atoms. The van der Waals surface area contributed by atoms with E-state index in [9.17, 15) is 4.79 Å². The van der Waals surface area contributed by atoms with Crippen molar-refractivity contribution in [2.45, 2.75) is 0 Å². The van der Waals surface area contributed by atoms with Gasteiger partial charge in [0.1, 0.15) is 4.34 Å². The fraction of sp³-hybridized carbons (Fsp3) is 0.0833. The highest BCUT2D eigenvalue weighted by Crippen LogP contribution is 2.32. The van der Waals surface area contributed by atoms with Crippen LogP contribution in [0.3, 0.4) is 0 Å². The topological polar surface area (TPSA) is 46.3 Å². The SMILES string of the molecule is CN(C(=O)c1cc(Cl)sc1Cl)c1cccc(N)c1. The molecule has 1 aromatic carbocycles. The molecule has 2 rings (SSSR count). The fourth-order valence-electron chi connectivity index (χ4n) is 1.52. The van der Waals surface area contributed by atoms with Gasteiger partial charge in [-0.1, -0.05) is 29.3 Å². The molecule has 0 saturated heterocycles. The van der Waals surface area contributed by atoms with Gasteiger partial charge in [-0.25, -0.2) is 0 Å². The third kappa shape index (κ3) is 2.61. The molecular weight excluding hydrogens is 291 g/mol. The van der Waals surface area contributed by atoms with Gasteiger partial charge in [-0.05, 0) is 24.3 Å². The van der Waals surface area contributed by atoms with Gasteiger partial charge in [0.2, 0.25) is 0 Å². The third-order valence-corrected chi connectivity index (χ3v) is 3.94. The Kier molecular flexibility index (Phi) is 3.80. The van der Waals surface area contributed by atoms with Gasteiger partial charge in [0.05, 0.1) is 9.90 Å². The quantitative estimate of drug-likeness (QED) is 0.855. The van der Waals surface area contributed by atoms with E-state index in [-0.39, 0.29) is 5.91 Å². The lowest BCUT2D eigenvalue weighted by atomic mass is 10.2. The van der Waals surface area contributed by atoms with Crippen LogP contribution in [0.15, 0.2) is 30.3 Å². The Balaban J connectivity index is 2.32. The molecule has 0 radical (unpaired) electrons. The molecular formula is C12H10Cl2N2OS. The van der Waals surface area contributed by atoms with Crippen LogP contribution in [0.5, 0.6) is 0 Å². The molecule has 0 fully saturated rings. The Hall–Kier alpha value is -1.23. The second kappa shape index (κ2) is 5.18. The molecule has 1 heterocycles. The maximum Gasteiger partial charge on any atom is 0.260 e. The first-order valence-corrected chi connectivity index (χ1v) is 6.64. The first-order chi connectivity index (χ1) is 8.49. The van der Waals surface area contributed by atoms with E-state index in [1.165, 1.54) is 16.2 Å². The van der Waals surface area contributed by atoms with E-state index in [1.54, 1.807) is 37.4 Å². The van der Waals surface area contributed by atoms with E-state index in [0.717, 1.165) is 0 Å². The molecule has 94 valence electrons. The number of thiophene rings is 1. The molecule has 3 nitrogen and oxygen atoms in total. The molecule has 0 aliphatic heterocycles. The summed E-state index contributed by atoms with van der Waals surface area (Å²) >= 11 is 13.0. The van der Waals surface area contributed by atoms with Gasteiger partial charge in [0.15, 0.2) is 0 Å². The highest BCUT2D eigenvalue weighted by molar-refractivity contribution is 7.20. The molecule has 6 heteroatoms. The maximum atomic E-state index is 12.2. The Morgan fingerprint density at radius 3 is 2.61 bits per heavy atom. The number of carbonyl (C=O) groups excluding carboxylic acids is 1. The number of nitrogens with two attached hydrogens (primary N) is 1. The molecule has 0 bridgehead atoms. The zero-order valence-electron chi connectivity index (χ0n) is 9.48. The van der Waals surface area contributed by atoms with Gasteiger partial charge in [-0.3, -0.25) is 4.79 Å². The van der Waals surface area contributed by atoms with Crippen molar-refractivity contribution in [1.82, 2.24) is 0 Å². The van der Waals surface area contributed by atoms with E-state index < -0.39 is 0 Å². The molecule has 2 N–H and O–H groups in total. The van der Waals surface area contributed by atoms with Crippen molar-refractivity contribution in [3.8, 4) is 0 Å². The normalized spacial score (nSPS) is 10.4. The summed E-state index contributed by atoms with van der Waals surface area (Å²) in [6.45, 7) is 0. The first kappa shape index (κ1) is 13.2. The summed E-state index contributed by atoms with van der Waals surface area (Å²) in [5.41, 5.74) is 7.39. The summed E-state index contributed by atoms with van der Waals surface area (Å²) in [4.78, 5) is 13.7. The van der Waals surface area contributed by atoms with Crippen LogP contribution in [0.4, 0.5) is 11.4 Å². The minimum absolute atomic E-state index is 0.214. The van der Waals surface area contributed by atoms with E-state index in [0.29, 0.717) is 25.6 Å². The van der Waals surface area contributed by atoms with Gasteiger partial charge < -0.3 is 10.6 Å². The van der Waals surface area contributed by atoms with Crippen LogP contribution in [0.2, 0.25) is 8.67 Å². The third-order valence-electron chi connectivity index (χ3n) is 2.45. The van der Waals surface area contributed by atoms with Crippen molar-refractivity contribution in [2.75, 3.05) is 17.7 Å². The summed E-state index contributed by atoms with van der Waals surface area (Å²) < 4.78 is 0.880. The van der Waals surface area contributed by atoms with Gasteiger partial charge in [-0.2, -0.15) is 0 Å². The van der Waals surface area contributed by atoms with Crippen molar-refractivity contribution >= 4 is 51.8 Å². The van der Waals surface area contributed by atoms with Crippen LogP contribution in [-0.4, -0.2) is 13.0 Å². The zero-order chi connectivity index (χ0) is 13.3. The number of benzene rings is 1. The predicted octanol–water partition coefficient (Wildman–Crippen LogP) is 3.91. The average Bonchev–Trinajstić information content (AvgIpc) is 2.66. The van der Waals surface area contributed by atoms with Gasteiger partial charge in [0.25, 0.3) is 5.91 Å². The van der Waals surface area contributed by atoms with Crippen molar-refractivity contribution in [1.29, 1.82) is 0 Å². The van der Waals surface area contributed by atoms with Gasteiger partial charge in [0, 0.05) is 18.4 Å². The first-order valence-electron chi connectivity index (χ1n) is 5.07. The Bertz CT molecular complexity index is 598. The fourth-order valence-corrected chi connectivity index (χ4v) is 2.97. The minimum Gasteiger partial charge on any atom is -0.399 e. The van der Waals surface area contributed by atoms with Crippen LogP contribution in [0.25, 0.3) is 0 Å². The lowest BCUT2D eigenvalue weighted by Gasteiger charge is -2.17. The van der Waals surface area contributed by atoms with E-state index >= 15 is 0 Å². The molecule has 0 atom stereocenters. The molecule has 0 aliphatic rings. The lowest BCUT2D eigenvalue weighted by Crippen LogP contribution is -2.26. The number of amides is 1. The highest BCUT2D eigenvalue weighted by atomic mass is 35.5. The van der Waals surface area contributed by atoms with E-state index in [4.69, 9.17) is 28.9 Å². The average molecular weight is 301 g/mol. The molecule has 2 aromatic rings. The Morgan fingerprint density at radius 2 is 2.06 bits per heavy atom. The zero-order valence-corrected chi connectivity index (χ0v) is 11.8. The molecule has 1 amide bonds. The smallest absolute Gasteiger partial charge is 0.260 e. The highest BCUT2D eigenvalue weighted by Gasteiger charge is 2.19. The summed E-state index contributed by atoms with van der Waals surface area (Å²) in [5.74, 6) is -0.214. The number of hydrogen-bond donors (Lipinski definition) is 1. The molecule has 0 saturated carbocycles. The number of rotatable bonds is 2. The number of anilines is 2. The number of nitrogen functional groups attached to an aromatic ring is 1. The Labute approximate surface area is 119 Å². The van der Waals surface area contributed by atoms with Crippen molar-refractivity contribution in [3.63, 3.8) is 0 Å². The number of carbonyl (C=O) groups is 1. The van der Waals surface area contributed by atoms with Crippen LogP contribution >= 0.6 is 34.5 Å².